The molecule has 0 saturated carbocycles. The van der Waals surface area contributed by atoms with Crippen LogP contribution in [-0.2, 0) is 13.8 Å². The standard InChI is InChI=1S/C13H17ClO5S/c1-4-7-18-13(15)10-5-6-11(19-9(2)3)12(8-10)20(14,16)17/h5-6,8-9H,4,7H2,1-3H3. The fourth-order valence-electron chi connectivity index (χ4n) is 1.45. The quantitative estimate of drug-likeness (QED) is 0.595. The molecule has 0 atom stereocenters. The molecule has 1 aromatic rings. The van der Waals surface area contributed by atoms with E-state index in [0.717, 1.165) is 6.07 Å². The number of halogens is 1. The lowest BCUT2D eigenvalue weighted by Gasteiger charge is -2.13. The normalized spacial score (nSPS) is 11.4. The molecule has 0 amide bonds. The third-order valence-electron chi connectivity index (χ3n) is 2.24. The summed E-state index contributed by atoms with van der Waals surface area (Å²) < 4.78 is 33.4. The van der Waals surface area contributed by atoms with Crippen LogP contribution >= 0.6 is 10.7 Å². The Hall–Kier alpha value is -1.27. The van der Waals surface area contributed by atoms with Crippen molar-refractivity contribution in [1.29, 1.82) is 0 Å². The van der Waals surface area contributed by atoms with Crippen molar-refractivity contribution in [2.75, 3.05) is 6.61 Å². The third-order valence-corrected chi connectivity index (χ3v) is 3.59. The predicted octanol–water partition coefficient (Wildman–Crippen LogP) is 2.97. The van der Waals surface area contributed by atoms with Crippen LogP contribution in [0.4, 0.5) is 0 Å². The van der Waals surface area contributed by atoms with Crippen LogP contribution in [0.5, 0.6) is 5.75 Å². The van der Waals surface area contributed by atoms with E-state index in [1.165, 1.54) is 12.1 Å². The zero-order valence-corrected chi connectivity index (χ0v) is 13.1. The molecule has 0 bridgehead atoms. The van der Waals surface area contributed by atoms with Crippen LogP contribution in [0, 0.1) is 0 Å². The highest BCUT2D eigenvalue weighted by molar-refractivity contribution is 8.13. The van der Waals surface area contributed by atoms with Crippen molar-refractivity contribution in [2.24, 2.45) is 0 Å². The molecule has 0 saturated heterocycles. The van der Waals surface area contributed by atoms with E-state index in [2.05, 4.69) is 0 Å². The lowest BCUT2D eigenvalue weighted by atomic mass is 10.2. The van der Waals surface area contributed by atoms with Gasteiger partial charge in [0.2, 0.25) is 0 Å². The number of carbonyl (C=O) groups excluding carboxylic acids is 1. The highest BCUT2D eigenvalue weighted by atomic mass is 35.7. The second kappa shape index (κ2) is 6.95. The molecular formula is C13H17ClO5S. The van der Waals surface area contributed by atoms with Crippen LogP contribution in [-0.4, -0.2) is 27.1 Å². The summed E-state index contributed by atoms with van der Waals surface area (Å²) >= 11 is 0. The van der Waals surface area contributed by atoms with E-state index in [-0.39, 0.29) is 28.9 Å². The van der Waals surface area contributed by atoms with Gasteiger partial charge in [-0.25, -0.2) is 13.2 Å². The minimum atomic E-state index is -4.02. The summed E-state index contributed by atoms with van der Waals surface area (Å²) in [5, 5.41) is 0. The minimum absolute atomic E-state index is 0.113. The molecule has 7 heteroatoms. The van der Waals surface area contributed by atoms with Gasteiger partial charge in [0.1, 0.15) is 10.6 Å². The third kappa shape index (κ3) is 4.68. The second-order valence-electron chi connectivity index (χ2n) is 4.40. The molecular weight excluding hydrogens is 304 g/mol. The van der Waals surface area contributed by atoms with Gasteiger partial charge in [-0.15, -0.1) is 0 Å². The number of carbonyl (C=O) groups is 1. The molecule has 5 nitrogen and oxygen atoms in total. The first-order valence-electron chi connectivity index (χ1n) is 6.18. The van der Waals surface area contributed by atoms with Crippen molar-refractivity contribution < 1.29 is 22.7 Å². The lowest BCUT2D eigenvalue weighted by Crippen LogP contribution is -2.11. The number of hydrogen-bond donors (Lipinski definition) is 0. The summed E-state index contributed by atoms with van der Waals surface area (Å²) in [5.74, 6) is -0.480. The van der Waals surface area contributed by atoms with E-state index >= 15 is 0 Å². The maximum Gasteiger partial charge on any atom is 0.338 e. The van der Waals surface area contributed by atoms with E-state index < -0.39 is 15.0 Å². The molecule has 20 heavy (non-hydrogen) atoms. The fourth-order valence-corrected chi connectivity index (χ4v) is 2.44. The Morgan fingerprint density at radius 1 is 1.35 bits per heavy atom. The zero-order chi connectivity index (χ0) is 15.3. The van der Waals surface area contributed by atoms with Gasteiger partial charge in [-0.2, -0.15) is 0 Å². The molecule has 0 radical (unpaired) electrons. The van der Waals surface area contributed by atoms with Gasteiger partial charge in [0.05, 0.1) is 18.3 Å². The SMILES string of the molecule is CCCOC(=O)c1ccc(OC(C)C)c(S(=O)(=O)Cl)c1. The number of esters is 1. The zero-order valence-electron chi connectivity index (χ0n) is 11.6. The first-order chi connectivity index (χ1) is 9.25. The van der Waals surface area contributed by atoms with E-state index in [1.54, 1.807) is 13.8 Å². The van der Waals surface area contributed by atoms with Crippen LogP contribution in [0.1, 0.15) is 37.6 Å². The predicted molar refractivity (Wildman–Crippen MR) is 75.8 cm³/mol. The first-order valence-corrected chi connectivity index (χ1v) is 8.49. The molecule has 0 aliphatic carbocycles. The number of benzene rings is 1. The van der Waals surface area contributed by atoms with Crippen molar-refractivity contribution in [2.45, 2.75) is 38.2 Å². The van der Waals surface area contributed by atoms with Gasteiger partial charge < -0.3 is 9.47 Å². The average molecular weight is 321 g/mol. The summed E-state index contributed by atoms with van der Waals surface area (Å²) in [6.45, 7) is 5.65. The van der Waals surface area contributed by atoms with Crippen molar-refractivity contribution in [3.63, 3.8) is 0 Å². The molecule has 0 aliphatic heterocycles. The minimum Gasteiger partial charge on any atom is -0.490 e. The molecule has 1 rings (SSSR count). The maximum atomic E-state index is 11.7. The Balaban J connectivity index is 3.18. The smallest absolute Gasteiger partial charge is 0.338 e. The van der Waals surface area contributed by atoms with Crippen molar-refractivity contribution in [3.8, 4) is 5.75 Å². The van der Waals surface area contributed by atoms with Crippen molar-refractivity contribution in [3.05, 3.63) is 23.8 Å². The summed E-state index contributed by atoms with van der Waals surface area (Å²) in [7, 11) is 1.35. The monoisotopic (exact) mass is 320 g/mol. The Labute approximate surface area is 123 Å². The summed E-state index contributed by atoms with van der Waals surface area (Å²) in [6, 6.07) is 4.01. The second-order valence-corrected chi connectivity index (χ2v) is 6.94. The molecule has 0 aliphatic rings. The Morgan fingerprint density at radius 3 is 2.50 bits per heavy atom. The van der Waals surface area contributed by atoms with Gasteiger partial charge in [-0.3, -0.25) is 0 Å². The van der Waals surface area contributed by atoms with Crippen molar-refractivity contribution in [1.82, 2.24) is 0 Å². The number of rotatable bonds is 6. The Bertz CT molecular complexity index is 580. The summed E-state index contributed by atoms with van der Waals surface area (Å²) in [6.07, 6.45) is 0.464. The fraction of sp³-hybridized carbons (Fsp3) is 0.462. The van der Waals surface area contributed by atoms with Crippen molar-refractivity contribution >= 4 is 25.7 Å². The van der Waals surface area contributed by atoms with Crippen LogP contribution in [0.15, 0.2) is 23.1 Å². The van der Waals surface area contributed by atoms with Gasteiger partial charge in [-0.1, -0.05) is 6.92 Å². The Kier molecular flexibility index (Phi) is 5.83. The molecule has 0 aromatic heterocycles. The topological polar surface area (TPSA) is 69.7 Å². The van der Waals surface area contributed by atoms with Crippen LogP contribution in [0.3, 0.4) is 0 Å². The lowest BCUT2D eigenvalue weighted by molar-refractivity contribution is 0.0504. The summed E-state index contributed by atoms with van der Waals surface area (Å²) in [4.78, 5) is 11.5. The van der Waals surface area contributed by atoms with Gasteiger partial charge in [-0.05, 0) is 38.5 Å². The van der Waals surface area contributed by atoms with Gasteiger partial charge >= 0.3 is 5.97 Å². The highest BCUT2D eigenvalue weighted by Crippen LogP contribution is 2.29. The molecule has 0 heterocycles. The average Bonchev–Trinajstić information content (AvgIpc) is 2.34. The molecule has 0 N–H and O–H groups in total. The maximum absolute atomic E-state index is 11.7. The molecule has 112 valence electrons. The first kappa shape index (κ1) is 16.8. The van der Waals surface area contributed by atoms with E-state index in [1.807, 2.05) is 6.92 Å². The van der Waals surface area contributed by atoms with Crippen LogP contribution in [0.2, 0.25) is 0 Å². The Morgan fingerprint density at radius 2 is 2.00 bits per heavy atom. The number of ether oxygens (including phenoxy) is 2. The molecule has 0 spiro atoms. The molecule has 1 aromatic carbocycles. The summed E-state index contributed by atoms with van der Waals surface area (Å²) in [5.41, 5.74) is 0.119. The molecule has 0 unspecified atom stereocenters. The number of hydrogen-bond acceptors (Lipinski definition) is 5. The van der Waals surface area contributed by atoms with Gasteiger partial charge in [0.15, 0.2) is 0 Å². The van der Waals surface area contributed by atoms with Crippen LogP contribution < -0.4 is 4.74 Å². The van der Waals surface area contributed by atoms with E-state index in [9.17, 15) is 13.2 Å². The largest absolute Gasteiger partial charge is 0.490 e. The van der Waals surface area contributed by atoms with Crippen LogP contribution in [0.25, 0.3) is 0 Å². The van der Waals surface area contributed by atoms with Gasteiger partial charge in [0, 0.05) is 10.7 Å². The highest BCUT2D eigenvalue weighted by Gasteiger charge is 2.21. The van der Waals surface area contributed by atoms with E-state index in [0.29, 0.717) is 6.42 Å². The van der Waals surface area contributed by atoms with Gasteiger partial charge in [0.25, 0.3) is 9.05 Å². The molecule has 0 fully saturated rings. The van der Waals surface area contributed by atoms with E-state index in [4.69, 9.17) is 20.2 Å².